The van der Waals surface area contributed by atoms with Crippen molar-refractivity contribution in [2.24, 2.45) is 5.10 Å². The van der Waals surface area contributed by atoms with Crippen molar-refractivity contribution in [2.75, 3.05) is 18.1 Å². The number of carbonyl (C=O) groups is 1. The summed E-state index contributed by atoms with van der Waals surface area (Å²) < 4.78 is 0.462. The standard InChI is InChI=1S/C11H11N3O2S2/c1-12-8-4-7(2-3-9(8)15)5-13-14-10(16)6-18-11(14)17/h2-5,12,15H,6H2,1H3/b13-5+. The smallest absolute Gasteiger partial charge is 0.259 e. The molecule has 0 unspecified atom stereocenters. The van der Waals surface area contributed by atoms with E-state index in [9.17, 15) is 9.90 Å². The van der Waals surface area contributed by atoms with Crippen LogP contribution in [0.1, 0.15) is 5.56 Å². The Kier molecular flexibility index (Phi) is 3.83. The third-order valence-electron chi connectivity index (χ3n) is 2.34. The molecule has 5 nitrogen and oxygen atoms in total. The molecule has 0 bridgehead atoms. The Morgan fingerprint density at radius 1 is 1.61 bits per heavy atom. The first-order chi connectivity index (χ1) is 8.61. The maximum atomic E-state index is 11.4. The van der Waals surface area contributed by atoms with Gasteiger partial charge in [-0.3, -0.25) is 4.79 Å². The number of benzene rings is 1. The van der Waals surface area contributed by atoms with Crippen molar-refractivity contribution in [1.82, 2.24) is 5.01 Å². The lowest BCUT2D eigenvalue weighted by atomic mass is 10.2. The van der Waals surface area contributed by atoms with Crippen LogP contribution in [0.2, 0.25) is 0 Å². The highest BCUT2D eigenvalue weighted by atomic mass is 32.2. The predicted octanol–water partition coefficient (Wildman–Crippen LogP) is 1.63. The van der Waals surface area contributed by atoms with Gasteiger partial charge in [-0.25, -0.2) is 0 Å². The molecule has 1 aromatic rings. The molecule has 0 atom stereocenters. The van der Waals surface area contributed by atoms with Gasteiger partial charge in [-0.2, -0.15) is 10.1 Å². The summed E-state index contributed by atoms with van der Waals surface area (Å²) in [5.74, 6) is 0.389. The molecule has 0 aromatic heterocycles. The Morgan fingerprint density at radius 2 is 2.39 bits per heavy atom. The maximum Gasteiger partial charge on any atom is 0.259 e. The second-order valence-corrected chi connectivity index (χ2v) is 5.14. The first-order valence-electron chi connectivity index (χ1n) is 5.16. The Balaban J connectivity index is 2.18. The van der Waals surface area contributed by atoms with Crippen molar-refractivity contribution in [3.8, 4) is 5.75 Å². The van der Waals surface area contributed by atoms with E-state index in [-0.39, 0.29) is 11.7 Å². The van der Waals surface area contributed by atoms with Gasteiger partial charge in [0.05, 0.1) is 17.7 Å². The molecule has 1 aliphatic heterocycles. The maximum absolute atomic E-state index is 11.4. The number of phenols is 1. The van der Waals surface area contributed by atoms with Crippen molar-refractivity contribution in [2.45, 2.75) is 0 Å². The number of nitrogens with zero attached hydrogens (tertiary/aromatic N) is 2. The quantitative estimate of drug-likeness (QED) is 0.501. The van der Waals surface area contributed by atoms with E-state index >= 15 is 0 Å². The summed E-state index contributed by atoms with van der Waals surface area (Å²) in [5, 5.41) is 17.6. The van der Waals surface area contributed by atoms with Gasteiger partial charge in [0.25, 0.3) is 5.91 Å². The highest BCUT2D eigenvalue weighted by molar-refractivity contribution is 8.23. The van der Waals surface area contributed by atoms with E-state index < -0.39 is 0 Å². The molecule has 1 saturated heterocycles. The third-order valence-corrected chi connectivity index (χ3v) is 3.68. The Labute approximate surface area is 114 Å². The molecule has 94 valence electrons. The zero-order valence-corrected chi connectivity index (χ0v) is 11.2. The minimum Gasteiger partial charge on any atom is -0.506 e. The monoisotopic (exact) mass is 281 g/mol. The van der Waals surface area contributed by atoms with Gasteiger partial charge < -0.3 is 10.4 Å². The second-order valence-electron chi connectivity index (χ2n) is 3.53. The van der Waals surface area contributed by atoms with E-state index in [2.05, 4.69) is 10.4 Å². The van der Waals surface area contributed by atoms with Crippen molar-refractivity contribution in [1.29, 1.82) is 0 Å². The summed E-state index contributed by atoms with van der Waals surface area (Å²) in [6, 6.07) is 5.00. The normalized spacial score (nSPS) is 15.7. The topological polar surface area (TPSA) is 64.9 Å². The number of hydrogen-bond acceptors (Lipinski definition) is 6. The van der Waals surface area contributed by atoms with Crippen LogP contribution in [0, 0.1) is 0 Å². The second kappa shape index (κ2) is 5.36. The molecule has 0 aliphatic carbocycles. The van der Waals surface area contributed by atoms with Gasteiger partial charge in [-0.05, 0) is 23.8 Å². The minimum absolute atomic E-state index is 0.117. The van der Waals surface area contributed by atoms with Gasteiger partial charge in [0.1, 0.15) is 5.75 Å². The number of hydrazone groups is 1. The molecule has 1 amide bonds. The molecule has 1 heterocycles. The molecule has 18 heavy (non-hydrogen) atoms. The molecule has 1 fully saturated rings. The fourth-order valence-electron chi connectivity index (χ4n) is 1.42. The summed E-state index contributed by atoms with van der Waals surface area (Å²) in [6.45, 7) is 0. The van der Waals surface area contributed by atoms with Crippen molar-refractivity contribution < 1.29 is 9.90 Å². The first kappa shape index (κ1) is 12.8. The zero-order chi connectivity index (χ0) is 13.1. The molecule has 2 N–H and O–H groups in total. The highest BCUT2D eigenvalue weighted by Crippen LogP contribution is 2.23. The van der Waals surface area contributed by atoms with Gasteiger partial charge in [-0.15, -0.1) is 0 Å². The largest absolute Gasteiger partial charge is 0.506 e. The van der Waals surface area contributed by atoms with Crippen LogP contribution in [-0.2, 0) is 4.79 Å². The Hall–Kier alpha value is -1.60. The van der Waals surface area contributed by atoms with Crippen molar-refractivity contribution >= 4 is 46.1 Å². The third kappa shape index (κ3) is 2.62. The van der Waals surface area contributed by atoms with E-state index in [0.29, 0.717) is 15.8 Å². The van der Waals surface area contributed by atoms with E-state index in [4.69, 9.17) is 12.2 Å². The lowest BCUT2D eigenvalue weighted by Crippen LogP contribution is -2.22. The SMILES string of the molecule is CNc1cc(/C=N/N2C(=O)CSC2=S)ccc1O. The zero-order valence-electron chi connectivity index (χ0n) is 9.58. The van der Waals surface area contributed by atoms with Crippen LogP contribution in [0.3, 0.4) is 0 Å². The average Bonchev–Trinajstić information content (AvgIpc) is 2.68. The van der Waals surface area contributed by atoms with Crippen LogP contribution in [0.25, 0.3) is 0 Å². The highest BCUT2D eigenvalue weighted by Gasteiger charge is 2.25. The molecule has 1 aliphatic rings. The van der Waals surface area contributed by atoms with E-state index in [0.717, 1.165) is 5.56 Å². The molecule has 0 saturated carbocycles. The molecule has 7 heteroatoms. The van der Waals surface area contributed by atoms with Gasteiger partial charge in [-0.1, -0.05) is 24.0 Å². The van der Waals surface area contributed by atoms with Gasteiger partial charge in [0.15, 0.2) is 4.32 Å². The van der Waals surface area contributed by atoms with E-state index in [1.54, 1.807) is 25.2 Å². The number of aromatic hydroxyl groups is 1. The van der Waals surface area contributed by atoms with E-state index in [1.807, 2.05) is 0 Å². The fourth-order valence-corrected chi connectivity index (χ4v) is 2.38. The van der Waals surface area contributed by atoms with Gasteiger partial charge in [0, 0.05) is 7.05 Å². The van der Waals surface area contributed by atoms with Crippen LogP contribution >= 0.6 is 24.0 Å². The molecule has 0 radical (unpaired) electrons. The van der Waals surface area contributed by atoms with Crippen LogP contribution < -0.4 is 5.32 Å². The number of hydrogen-bond donors (Lipinski definition) is 2. The Bertz CT molecular complexity index is 515. The summed E-state index contributed by atoms with van der Waals surface area (Å²) in [7, 11) is 1.71. The van der Waals surface area contributed by atoms with Gasteiger partial charge >= 0.3 is 0 Å². The number of anilines is 1. The average molecular weight is 281 g/mol. The summed E-state index contributed by atoms with van der Waals surface area (Å²) in [5.41, 5.74) is 1.37. The van der Waals surface area contributed by atoms with Crippen molar-refractivity contribution in [3.05, 3.63) is 23.8 Å². The first-order valence-corrected chi connectivity index (χ1v) is 6.55. The summed E-state index contributed by atoms with van der Waals surface area (Å²) in [6.07, 6.45) is 1.54. The van der Waals surface area contributed by atoms with Crippen molar-refractivity contribution in [3.63, 3.8) is 0 Å². The number of carbonyl (C=O) groups excluding carboxylic acids is 1. The Morgan fingerprint density at radius 3 is 3.00 bits per heavy atom. The molecule has 1 aromatic carbocycles. The number of nitrogens with one attached hydrogen (secondary N) is 1. The minimum atomic E-state index is -0.117. The number of thioether (sulfide) groups is 1. The summed E-state index contributed by atoms with van der Waals surface area (Å²) in [4.78, 5) is 11.4. The van der Waals surface area contributed by atoms with Gasteiger partial charge in [0.2, 0.25) is 0 Å². The molecule has 2 rings (SSSR count). The number of thiocarbonyl (C=S) groups is 1. The lowest BCUT2D eigenvalue weighted by Gasteiger charge is -2.07. The van der Waals surface area contributed by atoms with Crippen LogP contribution in [0.15, 0.2) is 23.3 Å². The summed E-state index contributed by atoms with van der Waals surface area (Å²) >= 11 is 6.30. The number of rotatable bonds is 3. The van der Waals surface area contributed by atoms with Crippen LogP contribution in [0.5, 0.6) is 5.75 Å². The number of phenolic OH excluding ortho intramolecular Hbond substituents is 1. The molecule has 0 spiro atoms. The number of amides is 1. The molecular weight excluding hydrogens is 270 g/mol. The predicted molar refractivity (Wildman–Crippen MR) is 77.1 cm³/mol. The van der Waals surface area contributed by atoms with E-state index in [1.165, 1.54) is 23.0 Å². The van der Waals surface area contributed by atoms with Crippen LogP contribution in [0.4, 0.5) is 5.69 Å². The lowest BCUT2D eigenvalue weighted by molar-refractivity contribution is -0.123. The fraction of sp³-hybridized carbons (Fsp3) is 0.182. The molecular formula is C11H11N3O2S2. The van der Waals surface area contributed by atoms with Crippen LogP contribution in [-0.4, -0.2) is 39.4 Å².